The third kappa shape index (κ3) is 1.48. The molecule has 1 aliphatic rings. The van der Waals surface area contributed by atoms with Crippen molar-refractivity contribution in [2.75, 3.05) is 18.4 Å². The van der Waals surface area contributed by atoms with E-state index in [-0.39, 0.29) is 17.4 Å². The molecular weight excluding hydrogens is 238 g/mol. The molecule has 1 amide bonds. The van der Waals surface area contributed by atoms with Crippen molar-refractivity contribution in [2.45, 2.75) is 0 Å². The fourth-order valence-corrected chi connectivity index (χ4v) is 1.98. The van der Waals surface area contributed by atoms with Gasteiger partial charge in [-0.2, -0.15) is 0 Å². The largest absolute Gasteiger partial charge is 0.449 e. The van der Waals surface area contributed by atoms with Gasteiger partial charge in [0.25, 0.3) is 11.6 Å². The van der Waals surface area contributed by atoms with Crippen LogP contribution in [-0.2, 0) is 0 Å². The number of nitrogens with one attached hydrogen (secondary N) is 2. The minimum absolute atomic E-state index is 0.0300. The molecule has 0 atom stereocenters. The van der Waals surface area contributed by atoms with Gasteiger partial charge >= 0.3 is 0 Å². The molecule has 2 N–H and O–H groups in total. The highest BCUT2D eigenvalue weighted by Crippen LogP contribution is 2.33. The van der Waals surface area contributed by atoms with Crippen LogP contribution >= 0.6 is 0 Å². The van der Waals surface area contributed by atoms with Crippen molar-refractivity contribution in [3.8, 4) is 0 Å². The summed E-state index contributed by atoms with van der Waals surface area (Å²) in [4.78, 5) is 22.0. The SMILES string of the molecule is O=C1NCCNc2c1oc1ccc([N+](=O)[O-])cc21. The molecule has 18 heavy (non-hydrogen) atoms. The number of carbonyl (C=O) groups excluding carboxylic acids is 1. The Morgan fingerprint density at radius 2 is 2.06 bits per heavy atom. The molecule has 1 aliphatic heterocycles. The van der Waals surface area contributed by atoms with E-state index in [1.807, 2.05) is 0 Å². The molecule has 7 heteroatoms. The first-order valence-corrected chi connectivity index (χ1v) is 5.40. The Labute approximate surface area is 101 Å². The number of hydrogen-bond acceptors (Lipinski definition) is 5. The molecule has 0 aliphatic carbocycles. The van der Waals surface area contributed by atoms with Crippen molar-refractivity contribution >= 4 is 28.3 Å². The summed E-state index contributed by atoms with van der Waals surface area (Å²) in [5, 5.41) is 17.0. The second-order valence-corrected chi connectivity index (χ2v) is 3.93. The van der Waals surface area contributed by atoms with Gasteiger partial charge in [-0.3, -0.25) is 14.9 Å². The molecule has 2 aromatic rings. The number of anilines is 1. The van der Waals surface area contributed by atoms with E-state index < -0.39 is 4.92 Å². The van der Waals surface area contributed by atoms with Crippen LogP contribution in [0.25, 0.3) is 11.0 Å². The molecule has 0 saturated heterocycles. The molecule has 0 radical (unpaired) electrons. The lowest BCUT2D eigenvalue weighted by atomic mass is 10.2. The summed E-state index contributed by atoms with van der Waals surface area (Å²) >= 11 is 0. The number of benzene rings is 1. The van der Waals surface area contributed by atoms with Crippen LogP contribution < -0.4 is 10.6 Å². The van der Waals surface area contributed by atoms with E-state index in [2.05, 4.69) is 10.6 Å². The second kappa shape index (κ2) is 3.73. The Morgan fingerprint density at radius 1 is 1.28 bits per heavy atom. The highest BCUT2D eigenvalue weighted by atomic mass is 16.6. The quantitative estimate of drug-likeness (QED) is 0.587. The van der Waals surface area contributed by atoms with Crippen LogP contribution in [0, 0.1) is 10.1 Å². The Bertz CT molecular complexity index is 662. The summed E-state index contributed by atoms with van der Waals surface area (Å²) in [6.45, 7) is 1.04. The average molecular weight is 247 g/mol. The summed E-state index contributed by atoms with van der Waals surface area (Å²) < 4.78 is 5.42. The van der Waals surface area contributed by atoms with Crippen molar-refractivity contribution in [1.82, 2.24) is 5.32 Å². The fraction of sp³-hybridized carbons (Fsp3) is 0.182. The molecule has 0 fully saturated rings. The van der Waals surface area contributed by atoms with Gasteiger partial charge in [-0.25, -0.2) is 0 Å². The number of fused-ring (bicyclic) bond motifs is 3. The fourth-order valence-electron chi connectivity index (χ4n) is 1.98. The lowest BCUT2D eigenvalue weighted by Crippen LogP contribution is -2.24. The highest BCUT2D eigenvalue weighted by Gasteiger charge is 2.23. The van der Waals surface area contributed by atoms with Crippen LogP contribution in [0.3, 0.4) is 0 Å². The number of hydrogen-bond donors (Lipinski definition) is 2. The van der Waals surface area contributed by atoms with Crippen LogP contribution in [0.2, 0.25) is 0 Å². The van der Waals surface area contributed by atoms with E-state index >= 15 is 0 Å². The van der Waals surface area contributed by atoms with Crippen LogP contribution in [0.5, 0.6) is 0 Å². The van der Waals surface area contributed by atoms with E-state index in [9.17, 15) is 14.9 Å². The summed E-state index contributed by atoms with van der Waals surface area (Å²) in [6, 6.07) is 4.25. The van der Waals surface area contributed by atoms with Crippen molar-refractivity contribution in [3.05, 3.63) is 34.1 Å². The normalized spacial score (nSPS) is 14.6. The van der Waals surface area contributed by atoms with Gasteiger partial charge in [-0.05, 0) is 6.07 Å². The third-order valence-electron chi connectivity index (χ3n) is 2.80. The molecular formula is C11H9N3O4. The molecule has 1 aromatic heterocycles. The Balaban J connectivity index is 2.25. The van der Waals surface area contributed by atoms with Gasteiger partial charge in [0.2, 0.25) is 5.76 Å². The van der Waals surface area contributed by atoms with Crippen molar-refractivity contribution in [1.29, 1.82) is 0 Å². The molecule has 1 aromatic carbocycles. The topological polar surface area (TPSA) is 97.4 Å². The van der Waals surface area contributed by atoms with Gasteiger partial charge in [-0.1, -0.05) is 0 Å². The first-order chi connectivity index (χ1) is 8.66. The number of nitro groups is 1. The lowest BCUT2D eigenvalue weighted by molar-refractivity contribution is -0.384. The standard InChI is InChI=1S/C11H9N3O4/c15-11-10-9(12-3-4-13-11)7-5-6(14(16)17)1-2-8(7)18-10/h1-2,5,12H,3-4H2,(H,13,15). The zero-order valence-electron chi connectivity index (χ0n) is 9.23. The number of carbonyl (C=O) groups is 1. The van der Waals surface area contributed by atoms with Crippen LogP contribution in [0.15, 0.2) is 22.6 Å². The number of rotatable bonds is 1. The second-order valence-electron chi connectivity index (χ2n) is 3.93. The van der Waals surface area contributed by atoms with E-state index in [0.717, 1.165) is 0 Å². The summed E-state index contributed by atoms with van der Waals surface area (Å²) in [7, 11) is 0. The molecule has 0 unspecified atom stereocenters. The number of nitro benzene ring substituents is 1. The van der Waals surface area contributed by atoms with Crippen LogP contribution in [0.4, 0.5) is 11.4 Å². The maximum atomic E-state index is 11.7. The average Bonchev–Trinajstić information content (AvgIpc) is 2.62. The number of furan rings is 1. The molecule has 0 saturated carbocycles. The molecule has 0 bridgehead atoms. The summed E-state index contributed by atoms with van der Waals surface area (Å²) in [6.07, 6.45) is 0. The number of non-ortho nitro benzene ring substituents is 1. The van der Waals surface area contributed by atoms with Gasteiger partial charge in [-0.15, -0.1) is 0 Å². The van der Waals surface area contributed by atoms with E-state index in [1.165, 1.54) is 18.2 Å². The first-order valence-electron chi connectivity index (χ1n) is 5.40. The Kier molecular flexibility index (Phi) is 2.19. The Hall–Kier alpha value is -2.57. The van der Waals surface area contributed by atoms with E-state index in [0.29, 0.717) is 29.7 Å². The van der Waals surface area contributed by atoms with Gasteiger partial charge in [0.05, 0.1) is 16.0 Å². The Morgan fingerprint density at radius 3 is 2.83 bits per heavy atom. The summed E-state index contributed by atoms with van der Waals surface area (Å²) in [5.74, 6) is -0.142. The molecule has 2 heterocycles. The predicted octanol–water partition coefficient (Wildman–Crippen LogP) is 1.50. The van der Waals surface area contributed by atoms with Crippen molar-refractivity contribution in [3.63, 3.8) is 0 Å². The van der Waals surface area contributed by atoms with Gasteiger partial charge in [0, 0.05) is 25.2 Å². The highest BCUT2D eigenvalue weighted by molar-refractivity contribution is 6.07. The molecule has 0 spiro atoms. The number of amides is 1. The van der Waals surface area contributed by atoms with Crippen LogP contribution in [0.1, 0.15) is 10.6 Å². The minimum Gasteiger partial charge on any atom is -0.449 e. The molecule has 7 nitrogen and oxygen atoms in total. The van der Waals surface area contributed by atoms with Crippen LogP contribution in [-0.4, -0.2) is 23.9 Å². The molecule has 3 rings (SSSR count). The van der Waals surface area contributed by atoms with Gasteiger partial charge in [0.15, 0.2) is 0 Å². The summed E-state index contributed by atoms with van der Waals surface area (Å²) in [5.41, 5.74) is 0.941. The van der Waals surface area contributed by atoms with Crippen molar-refractivity contribution < 1.29 is 14.1 Å². The van der Waals surface area contributed by atoms with E-state index in [4.69, 9.17) is 4.42 Å². The number of nitrogens with zero attached hydrogens (tertiary/aromatic N) is 1. The maximum Gasteiger partial charge on any atom is 0.289 e. The van der Waals surface area contributed by atoms with Gasteiger partial charge in [0.1, 0.15) is 5.58 Å². The van der Waals surface area contributed by atoms with E-state index in [1.54, 1.807) is 0 Å². The first kappa shape index (κ1) is 10.6. The lowest BCUT2D eigenvalue weighted by Gasteiger charge is -1.99. The predicted molar refractivity (Wildman–Crippen MR) is 63.7 cm³/mol. The van der Waals surface area contributed by atoms with Crippen molar-refractivity contribution in [2.24, 2.45) is 0 Å². The third-order valence-corrected chi connectivity index (χ3v) is 2.80. The zero-order chi connectivity index (χ0) is 12.7. The monoisotopic (exact) mass is 247 g/mol. The minimum atomic E-state index is -0.477. The zero-order valence-corrected chi connectivity index (χ0v) is 9.23. The molecule has 92 valence electrons. The van der Waals surface area contributed by atoms with Gasteiger partial charge < -0.3 is 15.1 Å². The maximum absolute atomic E-state index is 11.7. The smallest absolute Gasteiger partial charge is 0.289 e.